The molecule has 0 spiro atoms. The minimum Gasteiger partial charge on any atom is -0.367 e. The van der Waals surface area contributed by atoms with Crippen LogP contribution in [0.25, 0.3) is 0 Å². The van der Waals surface area contributed by atoms with Gasteiger partial charge in [0.2, 0.25) is 0 Å². The summed E-state index contributed by atoms with van der Waals surface area (Å²) in [4.78, 5) is 16.2. The number of rotatable bonds is 3. The number of hydrogen-bond donors (Lipinski definition) is 1. The van der Waals surface area contributed by atoms with Gasteiger partial charge in [-0.15, -0.1) is 0 Å². The van der Waals surface area contributed by atoms with E-state index in [2.05, 4.69) is 4.98 Å². The lowest BCUT2D eigenvalue weighted by Gasteiger charge is -2.17. The van der Waals surface area contributed by atoms with E-state index in [-0.39, 0.29) is 5.91 Å². The molecular weight excluding hydrogens is 152 g/mol. The number of nitrogens with one attached hydrogen (secondary N) is 1. The van der Waals surface area contributed by atoms with Gasteiger partial charge in [0.05, 0.1) is 5.56 Å². The zero-order chi connectivity index (χ0) is 8.97. The molecule has 1 heterocycles. The monoisotopic (exact) mass is 166 g/mol. The summed E-state index contributed by atoms with van der Waals surface area (Å²) in [5.41, 5.74) is 0.735. The molecule has 0 aliphatic rings. The standard InChI is InChI=1S/C9H14N2O/c1-3-11(4-2)9(12)8-5-6-10-7-8/h5-7,10H,3-4H2,1-2H3. The third-order valence-electron chi connectivity index (χ3n) is 1.90. The average Bonchev–Trinajstić information content (AvgIpc) is 2.58. The lowest BCUT2D eigenvalue weighted by Crippen LogP contribution is -2.30. The molecule has 0 aromatic carbocycles. The molecule has 1 N–H and O–H groups in total. The second-order valence-electron chi connectivity index (χ2n) is 2.58. The fourth-order valence-corrected chi connectivity index (χ4v) is 1.15. The van der Waals surface area contributed by atoms with Gasteiger partial charge < -0.3 is 9.88 Å². The largest absolute Gasteiger partial charge is 0.367 e. The summed E-state index contributed by atoms with van der Waals surface area (Å²) in [6, 6.07) is 1.79. The molecule has 0 fully saturated rings. The Hall–Kier alpha value is -1.25. The van der Waals surface area contributed by atoms with E-state index in [9.17, 15) is 4.79 Å². The van der Waals surface area contributed by atoms with Gasteiger partial charge in [0.15, 0.2) is 0 Å². The summed E-state index contributed by atoms with van der Waals surface area (Å²) in [6.45, 7) is 5.49. The first-order valence-electron chi connectivity index (χ1n) is 4.21. The maximum Gasteiger partial charge on any atom is 0.255 e. The van der Waals surface area contributed by atoms with Crippen molar-refractivity contribution in [3.63, 3.8) is 0 Å². The first-order chi connectivity index (χ1) is 5.79. The van der Waals surface area contributed by atoms with Gasteiger partial charge in [-0.2, -0.15) is 0 Å². The summed E-state index contributed by atoms with van der Waals surface area (Å²) >= 11 is 0. The van der Waals surface area contributed by atoms with Crippen molar-refractivity contribution in [3.05, 3.63) is 24.0 Å². The Morgan fingerprint density at radius 1 is 1.50 bits per heavy atom. The molecule has 0 radical (unpaired) electrons. The van der Waals surface area contributed by atoms with Crippen LogP contribution in [0.15, 0.2) is 18.5 Å². The second-order valence-corrected chi connectivity index (χ2v) is 2.58. The van der Waals surface area contributed by atoms with Crippen LogP contribution in [0.1, 0.15) is 24.2 Å². The fourth-order valence-electron chi connectivity index (χ4n) is 1.15. The van der Waals surface area contributed by atoms with Crippen LogP contribution in [0.2, 0.25) is 0 Å². The third kappa shape index (κ3) is 1.67. The SMILES string of the molecule is CCN(CC)C(=O)c1cc[nH]c1. The van der Waals surface area contributed by atoms with Crippen molar-refractivity contribution in [2.24, 2.45) is 0 Å². The quantitative estimate of drug-likeness (QED) is 0.725. The Kier molecular flexibility index (Phi) is 2.91. The van der Waals surface area contributed by atoms with Crippen molar-refractivity contribution in [2.75, 3.05) is 13.1 Å². The van der Waals surface area contributed by atoms with Gasteiger partial charge in [-0.1, -0.05) is 0 Å². The van der Waals surface area contributed by atoms with Crippen LogP contribution in [-0.2, 0) is 0 Å². The number of aromatic nitrogens is 1. The lowest BCUT2D eigenvalue weighted by molar-refractivity contribution is 0.0773. The van der Waals surface area contributed by atoms with Crippen LogP contribution in [0.3, 0.4) is 0 Å². The Morgan fingerprint density at radius 2 is 2.17 bits per heavy atom. The third-order valence-corrected chi connectivity index (χ3v) is 1.90. The maximum absolute atomic E-state index is 11.6. The Morgan fingerprint density at radius 3 is 2.58 bits per heavy atom. The van der Waals surface area contributed by atoms with Crippen LogP contribution >= 0.6 is 0 Å². The van der Waals surface area contributed by atoms with E-state index in [1.807, 2.05) is 13.8 Å². The van der Waals surface area contributed by atoms with Crippen LogP contribution < -0.4 is 0 Å². The minimum absolute atomic E-state index is 0.0984. The van der Waals surface area contributed by atoms with Gasteiger partial charge in [0.1, 0.15) is 0 Å². The molecule has 0 unspecified atom stereocenters. The molecule has 66 valence electrons. The van der Waals surface area contributed by atoms with Gasteiger partial charge in [0, 0.05) is 25.5 Å². The van der Waals surface area contributed by atoms with Crippen molar-refractivity contribution in [1.82, 2.24) is 9.88 Å². The van der Waals surface area contributed by atoms with Gasteiger partial charge in [-0.25, -0.2) is 0 Å². The molecule has 0 saturated heterocycles. The van der Waals surface area contributed by atoms with Crippen molar-refractivity contribution >= 4 is 5.91 Å². The average molecular weight is 166 g/mol. The Bertz CT molecular complexity index is 237. The second kappa shape index (κ2) is 3.95. The zero-order valence-electron chi connectivity index (χ0n) is 7.50. The van der Waals surface area contributed by atoms with E-state index < -0.39 is 0 Å². The molecule has 0 aliphatic heterocycles. The van der Waals surface area contributed by atoms with E-state index in [0.717, 1.165) is 18.7 Å². The molecule has 0 atom stereocenters. The van der Waals surface area contributed by atoms with Gasteiger partial charge in [0.25, 0.3) is 5.91 Å². The van der Waals surface area contributed by atoms with E-state index in [4.69, 9.17) is 0 Å². The maximum atomic E-state index is 11.6. The minimum atomic E-state index is 0.0984. The first-order valence-corrected chi connectivity index (χ1v) is 4.21. The molecule has 1 aromatic heterocycles. The molecule has 12 heavy (non-hydrogen) atoms. The summed E-state index contributed by atoms with van der Waals surface area (Å²) in [5.74, 6) is 0.0984. The van der Waals surface area contributed by atoms with Crippen LogP contribution in [0, 0.1) is 0 Å². The number of carbonyl (C=O) groups is 1. The van der Waals surface area contributed by atoms with Gasteiger partial charge >= 0.3 is 0 Å². The predicted octanol–water partition coefficient (Wildman–Crippen LogP) is 1.50. The van der Waals surface area contributed by atoms with E-state index in [1.165, 1.54) is 0 Å². The number of hydrogen-bond acceptors (Lipinski definition) is 1. The number of aromatic amines is 1. The van der Waals surface area contributed by atoms with Gasteiger partial charge in [-0.05, 0) is 19.9 Å². The number of H-pyrrole nitrogens is 1. The Labute approximate surface area is 72.4 Å². The molecule has 0 saturated carbocycles. The first kappa shape index (κ1) is 8.84. The van der Waals surface area contributed by atoms with Crippen LogP contribution in [-0.4, -0.2) is 28.9 Å². The summed E-state index contributed by atoms with van der Waals surface area (Å²) in [7, 11) is 0. The highest BCUT2D eigenvalue weighted by Gasteiger charge is 2.11. The van der Waals surface area contributed by atoms with Crippen molar-refractivity contribution in [2.45, 2.75) is 13.8 Å². The summed E-state index contributed by atoms with van der Waals surface area (Å²) in [6.07, 6.45) is 3.48. The number of amides is 1. The molecule has 3 nitrogen and oxygen atoms in total. The fraction of sp³-hybridized carbons (Fsp3) is 0.444. The van der Waals surface area contributed by atoms with Crippen molar-refractivity contribution in [1.29, 1.82) is 0 Å². The van der Waals surface area contributed by atoms with E-state index in [1.54, 1.807) is 23.4 Å². The molecule has 0 bridgehead atoms. The molecule has 0 aliphatic carbocycles. The summed E-state index contributed by atoms with van der Waals surface area (Å²) < 4.78 is 0. The summed E-state index contributed by atoms with van der Waals surface area (Å²) in [5, 5.41) is 0. The predicted molar refractivity (Wildman–Crippen MR) is 48.0 cm³/mol. The van der Waals surface area contributed by atoms with E-state index >= 15 is 0 Å². The zero-order valence-corrected chi connectivity index (χ0v) is 7.50. The molecule has 1 rings (SSSR count). The van der Waals surface area contributed by atoms with Crippen molar-refractivity contribution < 1.29 is 4.79 Å². The Balaban J connectivity index is 2.70. The number of nitrogens with zero attached hydrogens (tertiary/aromatic N) is 1. The normalized spacial score (nSPS) is 9.83. The highest BCUT2D eigenvalue weighted by atomic mass is 16.2. The smallest absolute Gasteiger partial charge is 0.255 e. The van der Waals surface area contributed by atoms with Gasteiger partial charge in [-0.3, -0.25) is 4.79 Å². The highest BCUT2D eigenvalue weighted by molar-refractivity contribution is 5.93. The van der Waals surface area contributed by atoms with Crippen LogP contribution in [0.4, 0.5) is 0 Å². The van der Waals surface area contributed by atoms with Crippen molar-refractivity contribution in [3.8, 4) is 0 Å². The number of carbonyl (C=O) groups excluding carboxylic acids is 1. The molecule has 1 aromatic rings. The van der Waals surface area contributed by atoms with E-state index in [0.29, 0.717) is 0 Å². The molecule has 1 amide bonds. The van der Waals surface area contributed by atoms with Crippen LogP contribution in [0.5, 0.6) is 0 Å². The topological polar surface area (TPSA) is 36.1 Å². The lowest BCUT2D eigenvalue weighted by atomic mass is 10.3. The highest BCUT2D eigenvalue weighted by Crippen LogP contribution is 2.02. The molecular formula is C9H14N2O. The molecule has 3 heteroatoms.